The Hall–Kier alpha value is -1.85. The summed E-state index contributed by atoms with van der Waals surface area (Å²) in [6.45, 7) is 6.53. The van der Waals surface area contributed by atoms with Crippen LogP contribution in [0, 0.1) is 0 Å². The number of urea groups is 1. The third-order valence-corrected chi connectivity index (χ3v) is 2.77. The highest BCUT2D eigenvalue weighted by Gasteiger charge is 2.16. The Morgan fingerprint density at radius 2 is 1.56 bits per heavy atom. The maximum Gasteiger partial charge on any atom is 0.331 e. The SMILES string of the molecule is CCC(CC)NC(=O)NC(=O)/C(C)=C(/C)C(=O)O. The molecule has 6 nitrogen and oxygen atoms in total. The zero-order valence-corrected chi connectivity index (χ0v) is 11.2. The van der Waals surface area contributed by atoms with Crippen LogP contribution in [0.3, 0.4) is 0 Å². The van der Waals surface area contributed by atoms with Crippen LogP contribution >= 0.6 is 0 Å². The summed E-state index contributed by atoms with van der Waals surface area (Å²) in [5.74, 6) is -1.87. The van der Waals surface area contributed by atoms with Crippen LogP contribution in [-0.2, 0) is 9.59 Å². The molecule has 0 heterocycles. The molecule has 0 aromatic carbocycles. The fraction of sp³-hybridized carbons (Fsp3) is 0.583. The van der Waals surface area contributed by atoms with Gasteiger partial charge in [0.1, 0.15) is 0 Å². The molecule has 102 valence electrons. The first-order chi connectivity index (χ1) is 8.33. The van der Waals surface area contributed by atoms with Gasteiger partial charge < -0.3 is 10.4 Å². The molecule has 0 aliphatic rings. The van der Waals surface area contributed by atoms with Crippen molar-refractivity contribution < 1.29 is 19.5 Å². The lowest BCUT2D eigenvalue weighted by Gasteiger charge is -2.15. The average Bonchev–Trinajstić information content (AvgIpc) is 2.33. The number of amides is 3. The van der Waals surface area contributed by atoms with Crippen LogP contribution in [0.5, 0.6) is 0 Å². The Labute approximate surface area is 106 Å². The number of nitrogens with one attached hydrogen (secondary N) is 2. The Morgan fingerprint density at radius 1 is 1.06 bits per heavy atom. The Kier molecular flexibility index (Phi) is 6.70. The van der Waals surface area contributed by atoms with Crippen molar-refractivity contribution in [3.05, 3.63) is 11.1 Å². The van der Waals surface area contributed by atoms with E-state index < -0.39 is 17.9 Å². The van der Waals surface area contributed by atoms with Gasteiger partial charge in [0.2, 0.25) is 0 Å². The minimum Gasteiger partial charge on any atom is -0.478 e. The van der Waals surface area contributed by atoms with Crippen LogP contribution in [0.1, 0.15) is 40.5 Å². The number of carbonyl (C=O) groups is 3. The smallest absolute Gasteiger partial charge is 0.331 e. The molecule has 0 radical (unpaired) electrons. The van der Waals surface area contributed by atoms with Crippen LogP contribution in [0.2, 0.25) is 0 Å². The van der Waals surface area contributed by atoms with Crippen molar-refractivity contribution in [2.24, 2.45) is 0 Å². The zero-order valence-electron chi connectivity index (χ0n) is 11.2. The van der Waals surface area contributed by atoms with Crippen molar-refractivity contribution in [1.29, 1.82) is 0 Å². The summed E-state index contributed by atoms with van der Waals surface area (Å²) in [5, 5.41) is 13.5. The first-order valence-electron chi connectivity index (χ1n) is 5.86. The van der Waals surface area contributed by atoms with Crippen molar-refractivity contribution >= 4 is 17.9 Å². The van der Waals surface area contributed by atoms with Gasteiger partial charge in [0.15, 0.2) is 0 Å². The van der Waals surface area contributed by atoms with Crippen LogP contribution in [0.15, 0.2) is 11.1 Å². The molecular formula is C12H20N2O4. The molecule has 0 aliphatic carbocycles. The van der Waals surface area contributed by atoms with Crippen LogP contribution in [-0.4, -0.2) is 29.1 Å². The summed E-state index contributed by atoms with van der Waals surface area (Å²) < 4.78 is 0. The summed E-state index contributed by atoms with van der Waals surface area (Å²) in [4.78, 5) is 33.7. The predicted octanol–water partition coefficient (Wildman–Crippen LogP) is 1.42. The van der Waals surface area contributed by atoms with Crippen LogP contribution in [0.4, 0.5) is 4.79 Å². The lowest BCUT2D eigenvalue weighted by atomic mass is 10.1. The molecule has 0 spiro atoms. The first-order valence-corrected chi connectivity index (χ1v) is 5.86. The summed E-state index contributed by atoms with van der Waals surface area (Å²) in [7, 11) is 0. The summed E-state index contributed by atoms with van der Waals surface area (Å²) in [6.07, 6.45) is 1.53. The number of aliphatic carboxylic acids is 1. The van der Waals surface area contributed by atoms with Gasteiger partial charge in [0.05, 0.1) is 0 Å². The van der Waals surface area contributed by atoms with E-state index in [1.54, 1.807) is 0 Å². The third-order valence-electron chi connectivity index (χ3n) is 2.77. The molecular weight excluding hydrogens is 236 g/mol. The second kappa shape index (κ2) is 7.47. The molecule has 0 bridgehead atoms. The zero-order chi connectivity index (χ0) is 14.3. The lowest BCUT2D eigenvalue weighted by Crippen LogP contribution is -2.44. The number of rotatable bonds is 5. The maximum absolute atomic E-state index is 11.6. The van der Waals surface area contributed by atoms with Gasteiger partial charge in [0.25, 0.3) is 5.91 Å². The van der Waals surface area contributed by atoms with Gasteiger partial charge in [-0.05, 0) is 26.7 Å². The predicted molar refractivity (Wildman–Crippen MR) is 67.1 cm³/mol. The molecule has 0 saturated heterocycles. The molecule has 0 aromatic heterocycles. The van der Waals surface area contributed by atoms with E-state index in [4.69, 9.17) is 5.11 Å². The number of carboxylic acid groups (broad SMARTS) is 1. The molecule has 3 N–H and O–H groups in total. The van der Waals surface area contributed by atoms with Gasteiger partial charge in [-0.2, -0.15) is 0 Å². The monoisotopic (exact) mass is 256 g/mol. The van der Waals surface area contributed by atoms with E-state index in [1.807, 2.05) is 13.8 Å². The van der Waals surface area contributed by atoms with Crippen molar-refractivity contribution in [3.8, 4) is 0 Å². The minimum absolute atomic E-state index is 0.00246. The van der Waals surface area contributed by atoms with E-state index >= 15 is 0 Å². The fourth-order valence-corrected chi connectivity index (χ4v) is 1.24. The minimum atomic E-state index is -1.18. The molecule has 3 amide bonds. The Bertz CT molecular complexity index is 370. The van der Waals surface area contributed by atoms with Gasteiger partial charge in [-0.3, -0.25) is 10.1 Å². The van der Waals surface area contributed by atoms with Gasteiger partial charge in [-0.1, -0.05) is 13.8 Å². The van der Waals surface area contributed by atoms with E-state index in [0.29, 0.717) is 0 Å². The second-order valence-corrected chi connectivity index (χ2v) is 4.00. The topological polar surface area (TPSA) is 95.5 Å². The quantitative estimate of drug-likeness (QED) is 0.648. The highest BCUT2D eigenvalue weighted by atomic mass is 16.4. The second-order valence-electron chi connectivity index (χ2n) is 4.00. The largest absolute Gasteiger partial charge is 0.478 e. The Morgan fingerprint density at radius 3 is 1.94 bits per heavy atom. The molecule has 0 aromatic rings. The van der Waals surface area contributed by atoms with Gasteiger partial charge in [-0.25, -0.2) is 9.59 Å². The molecule has 0 fully saturated rings. The van der Waals surface area contributed by atoms with Crippen molar-refractivity contribution in [2.45, 2.75) is 46.6 Å². The fourth-order valence-electron chi connectivity index (χ4n) is 1.24. The summed E-state index contributed by atoms with van der Waals surface area (Å²) in [5.41, 5.74) is -0.0648. The summed E-state index contributed by atoms with van der Waals surface area (Å²) in [6, 6.07) is -0.603. The normalized spacial score (nSPS) is 11.8. The molecule has 0 aliphatic heterocycles. The van der Waals surface area contributed by atoms with Crippen LogP contribution < -0.4 is 10.6 Å². The molecule has 6 heteroatoms. The lowest BCUT2D eigenvalue weighted by molar-refractivity contribution is -0.133. The van der Waals surface area contributed by atoms with Crippen molar-refractivity contribution in [3.63, 3.8) is 0 Å². The first kappa shape index (κ1) is 16.1. The van der Waals surface area contributed by atoms with E-state index in [9.17, 15) is 14.4 Å². The number of hydrogen-bond acceptors (Lipinski definition) is 3. The van der Waals surface area contributed by atoms with Crippen molar-refractivity contribution in [2.75, 3.05) is 0 Å². The number of carboxylic acids is 1. The van der Waals surface area contributed by atoms with E-state index in [2.05, 4.69) is 10.6 Å². The third kappa shape index (κ3) is 4.99. The van der Waals surface area contributed by atoms with Gasteiger partial charge >= 0.3 is 12.0 Å². The van der Waals surface area contributed by atoms with Crippen LogP contribution in [0.25, 0.3) is 0 Å². The number of carbonyl (C=O) groups excluding carboxylic acids is 2. The number of imide groups is 1. The molecule has 0 saturated carbocycles. The standard InChI is InChI=1S/C12H20N2O4/c1-5-9(6-2)13-12(18)14-10(15)7(3)8(4)11(16)17/h9H,5-6H2,1-4H3,(H,16,17)(H2,13,14,15,18)/b8-7-. The highest BCUT2D eigenvalue weighted by Crippen LogP contribution is 2.03. The molecule has 0 unspecified atom stereocenters. The molecule has 18 heavy (non-hydrogen) atoms. The highest BCUT2D eigenvalue weighted by molar-refractivity contribution is 6.07. The maximum atomic E-state index is 11.6. The summed E-state index contributed by atoms with van der Waals surface area (Å²) >= 11 is 0. The molecule has 0 atom stereocenters. The van der Waals surface area contributed by atoms with E-state index in [0.717, 1.165) is 12.8 Å². The Balaban J connectivity index is 4.54. The average molecular weight is 256 g/mol. The van der Waals surface area contributed by atoms with E-state index in [1.165, 1.54) is 13.8 Å². The van der Waals surface area contributed by atoms with Gasteiger partial charge in [0, 0.05) is 17.2 Å². The molecule has 0 rings (SSSR count). The van der Waals surface area contributed by atoms with Gasteiger partial charge in [-0.15, -0.1) is 0 Å². The van der Waals surface area contributed by atoms with Crippen molar-refractivity contribution in [1.82, 2.24) is 10.6 Å². The number of hydrogen-bond donors (Lipinski definition) is 3. The van der Waals surface area contributed by atoms with E-state index in [-0.39, 0.29) is 17.2 Å².